The van der Waals surface area contributed by atoms with Gasteiger partial charge in [0.2, 0.25) is 0 Å². The third-order valence-electron chi connectivity index (χ3n) is 4.91. The number of hydrogen-bond donors (Lipinski definition) is 1. The molecular weight excluding hydrogens is 298 g/mol. The van der Waals surface area contributed by atoms with E-state index in [1.54, 1.807) is 4.68 Å². The van der Waals surface area contributed by atoms with Gasteiger partial charge in [0.25, 0.3) is 0 Å². The van der Waals surface area contributed by atoms with E-state index in [4.69, 9.17) is 5.10 Å². The van der Waals surface area contributed by atoms with E-state index in [2.05, 4.69) is 17.3 Å². The fourth-order valence-corrected chi connectivity index (χ4v) is 3.72. The van der Waals surface area contributed by atoms with Gasteiger partial charge in [0.1, 0.15) is 17.3 Å². The summed E-state index contributed by atoms with van der Waals surface area (Å²) >= 11 is 0. The lowest BCUT2D eigenvalue weighted by Gasteiger charge is -2.31. The van der Waals surface area contributed by atoms with Crippen LogP contribution in [-0.4, -0.2) is 34.8 Å². The molecule has 2 aromatic rings. The highest BCUT2D eigenvalue weighted by molar-refractivity contribution is 5.58. The molecule has 1 saturated heterocycles. The molecule has 0 bridgehead atoms. The largest absolute Gasteiger partial charge is 0.369 e. The van der Waals surface area contributed by atoms with Gasteiger partial charge in [-0.1, -0.05) is 6.42 Å². The topological polar surface area (TPSA) is 33.1 Å². The maximum atomic E-state index is 14.2. The Labute approximate surface area is 134 Å². The summed E-state index contributed by atoms with van der Waals surface area (Å²) in [5, 5.41) is 8.02. The first kappa shape index (κ1) is 14.6. The number of anilines is 1. The molecule has 1 aromatic heterocycles. The minimum Gasteiger partial charge on any atom is -0.369 e. The van der Waals surface area contributed by atoms with Gasteiger partial charge < -0.3 is 5.32 Å². The standard InChI is InChI=1S/C17H20F2N4/c1-22-9-3-2-4-15(22)16-12-7-8-20-17(12)23(21-16)14-6-5-11(18)10-13(14)19/h5-6,10,15,20H,2-4,7-9H2,1H3. The minimum atomic E-state index is -0.590. The van der Waals surface area contributed by atoms with Crippen molar-refractivity contribution in [1.82, 2.24) is 14.7 Å². The van der Waals surface area contributed by atoms with Crippen molar-refractivity contribution < 1.29 is 8.78 Å². The molecule has 0 saturated carbocycles. The van der Waals surface area contributed by atoms with E-state index >= 15 is 0 Å². The fourth-order valence-electron chi connectivity index (χ4n) is 3.72. The lowest BCUT2D eigenvalue weighted by atomic mass is 9.97. The predicted octanol–water partition coefficient (Wildman–Crippen LogP) is 3.28. The van der Waals surface area contributed by atoms with Gasteiger partial charge in [-0.3, -0.25) is 4.90 Å². The average molecular weight is 318 g/mol. The summed E-state index contributed by atoms with van der Waals surface area (Å²) in [5.41, 5.74) is 2.50. The van der Waals surface area contributed by atoms with Crippen LogP contribution in [-0.2, 0) is 6.42 Å². The number of benzene rings is 1. The third-order valence-corrected chi connectivity index (χ3v) is 4.91. The van der Waals surface area contributed by atoms with Crippen LogP contribution in [0.5, 0.6) is 0 Å². The van der Waals surface area contributed by atoms with Gasteiger partial charge in [-0.05, 0) is 45.0 Å². The molecule has 1 fully saturated rings. The Bertz CT molecular complexity index is 740. The maximum absolute atomic E-state index is 14.2. The zero-order valence-corrected chi connectivity index (χ0v) is 13.1. The number of halogens is 2. The number of nitrogens with zero attached hydrogens (tertiary/aromatic N) is 3. The van der Waals surface area contributed by atoms with Crippen molar-refractivity contribution in [2.45, 2.75) is 31.7 Å². The molecule has 1 unspecified atom stereocenters. The Morgan fingerprint density at radius 1 is 1.26 bits per heavy atom. The first-order valence-corrected chi connectivity index (χ1v) is 8.16. The molecule has 4 nitrogen and oxygen atoms in total. The van der Waals surface area contributed by atoms with Crippen LogP contribution in [0.3, 0.4) is 0 Å². The molecule has 0 spiro atoms. The summed E-state index contributed by atoms with van der Waals surface area (Å²) in [6, 6.07) is 3.91. The summed E-state index contributed by atoms with van der Waals surface area (Å²) in [4.78, 5) is 2.33. The van der Waals surface area contributed by atoms with Crippen LogP contribution < -0.4 is 5.32 Å². The summed E-state index contributed by atoms with van der Waals surface area (Å²) in [6.07, 6.45) is 4.37. The van der Waals surface area contributed by atoms with Gasteiger partial charge >= 0.3 is 0 Å². The molecule has 0 aliphatic carbocycles. The van der Waals surface area contributed by atoms with Crippen LogP contribution in [0.1, 0.15) is 36.6 Å². The molecule has 2 aliphatic heterocycles. The van der Waals surface area contributed by atoms with Crippen molar-refractivity contribution in [3.05, 3.63) is 41.1 Å². The summed E-state index contributed by atoms with van der Waals surface area (Å²) in [6.45, 7) is 1.89. The molecular formula is C17H20F2N4. The Morgan fingerprint density at radius 2 is 2.13 bits per heavy atom. The number of hydrogen-bond acceptors (Lipinski definition) is 3. The number of nitrogens with one attached hydrogen (secondary N) is 1. The Kier molecular flexibility index (Phi) is 3.56. The Balaban J connectivity index is 1.81. The smallest absolute Gasteiger partial charge is 0.151 e. The van der Waals surface area contributed by atoms with E-state index in [0.717, 1.165) is 43.5 Å². The molecule has 3 heterocycles. The molecule has 1 aromatic carbocycles. The van der Waals surface area contributed by atoms with Crippen molar-refractivity contribution in [3.63, 3.8) is 0 Å². The first-order valence-electron chi connectivity index (χ1n) is 8.16. The number of fused-ring (bicyclic) bond motifs is 1. The number of piperidine rings is 1. The second kappa shape index (κ2) is 5.60. The Hall–Kier alpha value is -1.95. The van der Waals surface area contributed by atoms with E-state index in [-0.39, 0.29) is 6.04 Å². The lowest BCUT2D eigenvalue weighted by molar-refractivity contribution is 0.182. The van der Waals surface area contributed by atoms with Crippen molar-refractivity contribution in [2.75, 3.05) is 25.5 Å². The van der Waals surface area contributed by atoms with Crippen LogP contribution in [0.4, 0.5) is 14.6 Å². The second-order valence-electron chi connectivity index (χ2n) is 6.39. The maximum Gasteiger partial charge on any atom is 0.151 e. The normalized spacial score (nSPS) is 21.3. The van der Waals surface area contributed by atoms with Gasteiger partial charge in [0, 0.05) is 18.2 Å². The molecule has 23 heavy (non-hydrogen) atoms. The highest BCUT2D eigenvalue weighted by Gasteiger charge is 2.31. The monoisotopic (exact) mass is 318 g/mol. The van der Waals surface area contributed by atoms with Crippen LogP contribution in [0.25, 0.3) is 5.69 Å². The Morgan fingerprint density at radius 3 is 2.91 bits per heavy atom. The summed E-state index contributed by atoms with van der Waals surface area (Å²) in [7, 11) is 2.12. The van der Waals surface area contributed by atoms with E-state index in [1.807, 2.05) is 0 Å². The molecule has 0 amide bonds. The van der Waals surface area contributed by atoms with Crippen molar-refractivity contribution >= 4 is 5.82 Å². The van der Waals surface area contributed by atoms with Crippen LogP contribution >= 0.6 is 0 Å². The molecule has 122 valence electrons. The molecule has 4 rings (SSSR count). The van der Waals surface area contributed by atoms with Gasteiger partial charge in [-0.15, -0.1) is 0 Å². The molecule has 1 N–H and O–H groups in total. The molecule has 1 atom stereocenters. The van der Waals surface area contributed by atoms with Gasteiger partial charge in [-0.25, -0.2) is 13.5 Å². The summed E-state index contributed by atoms with van der Waals surface area (Å²) < 4.78 is 29.0. The quantitative estimate of drug-likeness (QED) is 0.922. The van der Waals surface area contributed by atoms with Crippen LogP contribution in [0.15, 0.2) is 18.2 Å². The van der Waals surface area contributed by atoms with E-state index in [1.165, 1.54) is 30.5 Å². The van der Waals surface area contributed by atoms with E-state index in [9.17, 15) is 8.78 Å². The molecule has 0 radical (unpaired) electrons. The first-order chi connectivity index (χ1) is 11.1. The van der Waals surface area contributed by atoms with Crippen molar-refractivity contribution in [1.29, 1.82) is 0 Å². The van der Waals surface area contributed by atoms with Gasteiger partial charge in [0.05, 0.1) is 11.7 Å². The highest BCUT2D eigenvalue weighted by Crippen LogP contribution is 2.37. The summed E-state index contributed by atoms with van der Waals surface area (Å²) in [5.74, 6) is -0.313. The van der Waals surface area contributed by atoms with Gasteiger partial charge in [-0.2, -0.15) is 5.10 Å². The zero-order chi connectivity index (χ0) is 16.0. The zero-order valence-electron chi connectivity index (χ0n) is 13.1. The fraction of sp³-hybridized carbons (Fsp3) is 0.471. The van der Waals surface area contributed by atoms with Crippen molar-refractivity contribution in [3.8, 4) is 5.69 Å². The second-order valence-corrected chi connectivity index (χ2v) is 6.39. The van der Waals surface area contributed by atoms with E-state index in [0.29, 0.717) is 5.69 Å². The number of rotatable bonds is 2. The van der Waals surface area contributed by atoms with Gasteiger partial charge in [0.15, 0.2) is 5.82 Å². The number of aromatic nitrogens is 2. The highest BCUT2D eigenvalue weighted by atomic mass is 19.1. The number of likely N-dealkylation sites (tertiary alicyclic amines) is 1. The van der Waals surface area contributed by atoms with Crippen LogP contribution in [0.2, 0.25) is 0 Å². The third kappa shape index (κ3) is 2.41. The minimum absolute atomic E-state index is 0.280. The SMILES string of the molecule is CN1CCCCC1c1nn(-c2ccc(F)cc2F)c2c1CCN2. The predicted molar refractivity (Wildman–Crippen MR) is 84.9 cm³/mol. The average Bonchev–Trinajstić information content (AvgIpc) is 3.11. The molecule has 2 aliphatic rings. The van der Waals surface area contributed by atoms with Crippen molar-refractivity contribution in [2.24, 2.45) is 0 Å². The molecule has 6 heteroatoms. The van der Waals surface area contributed by atoms with Crippen LogP contribution in [0, 0.1) is 11.6 Å². The van der Waals surface area contributed by atoms with E-state index < -0.39 is 11.6 Å². The lowest BCUT2D eigenvalue weighted by Crippen LogP contribution is -2.30.